The Morgan fingerprint density at radius 2 is 1.58 bits per heavy atom. The summed E-state index contributed by atoms with van der Waals surface area (Å²) in [5, 5.41) is 24.7. The first-order valence-corrected chi connectivity index (χ1v) is 9.95. The summed E-state index contributed by atoms with van der Waals surface area (Å²) >= 11 is 0. The number of hydrogen-bond donors (Lipinski definition) is 4. The van der Waals surface area contributed by atoms with Crippen LogP contribution in [-0.2, 0) is 4.74 Å². The summed E-state index contributed by atoms with van der Waals surface area (Å²) < 4.78 is 15.9. The third-order valence-electron chi connectivity index (χ3n) is 4.87. The molecule has 1 aliphatic rings. The molecular weight excluding hydrogens is 400 g/mol. The van der Waals surface area contributed by atoms with E-state index in [2.05, 4.69) is 0 Å². The number of benzene rings is 2. The molecule has 1 saturated heterocycles. The molecule has 0 atom stereocenters. The molecular formula is C22H26N4O5. The molecule has 0 bridgehead atoms. The number of hydrogen-bond acceptors (Lipinski definition) is 7. The second kappa shape index (κ2) is 10.4. The van der Waals surface area contributed by atoms with Crippen LogP contribution in [0, 0.1) is 10.8 Å². The van der Waals surface area contributed by atoms with Crippen molar-refractivity contribution in [2.24, 2.45) is 5.73 Å². The van der Waals surface area contributed by atoms with Crippen LogP contribution in [0.3, 0.4) is 0 Å². The molecule has 0 unspecified atom stereocenters. The number of carbonyl (C=O) groups is 1. The second-order valence-electron chi connectivity index (χ2n) is 6.95. The van der Waals surface area contributed by atoms with E-state index in [1.807, 2.05) is 4.90 Å². The van der Waals surface area contributed by atoms with Crippen LogP contribution in [0.4, 0.5) is 0 Å². The lowest BCUT2D eigenvalue weighted by molar-refractivity contribution is 0.0445. The monoisotopic (exact) mass is 426 g/mol. The third-order valence-corrected chi connectivity index (χ3v) is 4.87. The van der Waals surface area contributed by atoms with Crippen molar-refractivity contribution < 1.29 is 24.1 Å². The fraction of sp³-hybridized carbons (Fsp3) is 0.318. The average Bonchev–Trinajstić information content (AvgIpc) is 3.32. The van der Waals surface area contributed by atoms with Crippen molar-refractivity contribution in [1.29, 1.82) is 10.8 Å². The zero-order valence-corrected chi connectivity index (χ0v) is 17.1. The van der Waals surface area contributed by atoms with Crippen LogP contribution in [-0.4, -0.2) is 60.7 Å². The van der Waals surface area contributed by atoms with Gasteiger partial charge in [-0.05, 0) is 43.2 Å². The zero-order chi connectivity index (χ0) is 22.2. The lowest BCUT2D eigenvalue weighted by Gasteiger charge is -2.18. The van der Waals surface area contributed by atoms with Gasteiger partial charge in [-0.1, -0.05) is 12.1 Å². The first kappa shape index (κ1) is 22.1. The number of aliphatic hydroxyl groups excluding tert-OH is 1. The van der Waals surface area contributed by atoms with Crippen LogP contribution >= 0.6 is 0 Å². The molecule has 2 aromatic rings. The number of ether oxygens (including phenoxy) is 3. The highest BCUT2D eigenvalue weighted by Crippen LogP contribution is 2.28. The molecule has 0 aliphatic carbocycles. The average molecular weight is 426 g/mol. The highest BCUT2D eigenvalue weighted by Gasteiger charge is 2.17. The summed E-state index contributed by atoms with van der Waals surface area (Å²) in [6.45, 7) is 1.29. The van der Waals surface area contributed by atoms with Crippen LogP contribution in [0.2, 0.25) is 0 Å². The maximum Gasteiger partial charge on any atom is 0.338 e. The van der Waals surface area contributed by atoms with Crippen molar-refractivity contribution in [2.45, 2.75) is 12.8 Å². The number of likely N-dealkylation sites (tertiary alicyclic amines) is 1. The number of nitrogen functional groups attached to an aromatic ring is 1. The maximum absolute atomic E-state index is 12.3. The summed E-state index contributed by atoms with van der Waals surface area (Å²) in [5.41, 5.74) is 7.08. The zero-order valence-electron chi connectivity index (χ0n) is 17.1. The van der Waals surface area contributed by atoms with Crippen molar-refractivity contribution in [3.63, 3.8) is 0 Å². The number of amidine groups is 2. The summed E-state index contributed by atoms with van der Waals surface area (Å²) in [4.78, 5) is 14.3. The minimum Gasteiger partial charge on any atom is -0.486 e. The molecule has 0 amide bonds. The molecule has 31 heavy (non-hydrogen) atoms. The number of nitrogens with two attached hydrogens (primary N) is 1. The fourth-order valence-corrected chi connectivity index (χ4v) is 3.23. The van der Waals surface area contributed by atoms with Crippen molar-refractivity contribution in [1.82, 2.24) is 4.90 Å². The Hall–Kier alpha value is -3.59. The number of rotatable bonds is 9. The van der Waals surface area contributed by atoms with Crippen molar-refractivity contribution >= 4 is 17.6 Å². The number of esters is 1. The van der Waals surface area contributed by atoms with Gasteiger partial charge in [-0.15, -0.1) is 0 Å². The lowest BCUT2D eigenvalue weighted by Crippen LogP contribution is -2.27. The topological polar surface area (TPSA) is 142 Å². The number of nitrogens with one attached hydrogen (secondary N) is 2. The van der Waals surface area contributed by atoms with E-state index in [9.17, 15) is 4.79 Å². The van der Waals surface area contributed by atoms with Gasteiger partial charge in [0, 0.05) is 24.2 Å². The van der Waals surface area contributed by atoms with E-state index >= 15 is 0 Å². The molecule has 5 N–H and O–H groups in total. The lowest BCUT2D eigenvalue weighted by atomic mass is 10.1. The van der Waals surface area contributed by atoms with Crippen LogP contribution in [0.15, 0.2) is 42.5 Å². The van der Waals surface area contributed by atoms with Gasteiger partial charge >= 0.3 is 5.97 Å². The summed E-state index contributed by atoms with van der Waals surface area (Å²) in [5.74, 6) is 0.414. The Bertz CT molecular complexity index is 939. The van der Waals surface area contributed by atoms with Crippen LogP contribution < -0.4 is 15.2 Å². The molecule has 0 radical (unpaired) electrons. The van der Waals surface area contributed by atoms with E-state index in [4.69, 9.17) is 35.9 Å². The minimum atomic E-state index is -0.532. The quantitative estimate of drug-likeness (QED) is 0.158. The van der Waals surface area contributed by atoms with Gasteiger partial charge in [0.15, 0.2) is 18.3 Å². The highest BCUT2D eigenvalue weighted by atomic mass is 16.6. The van der Waals surface area contributed by atoms with Gasteiger partial charge < -0.3 is 30.0 Å². The van der Waals surface area contributed by atoms with Crippen LogP contribution in [0.5, 0.6) is 11.5 Å². The van der Waals surface area contributed by atoms with Gasteiger partial charge in [-0.2, -0.15) is 0 Å². The van der Waals surface area contributed by atoms with Gasteiger partial charge in [-0.3, -0.25) is 10.8 Å². The Labute approximate surface area is 180 Å². The van der Waals surface area contributed by atoms with Gasteiger partial charge in [0.25, 0.3) is 0 Å². The molecule has 2 aromatic carbocycles. The predicted octanol–water partition coefficient (Wildman–Crippen LogP) is 1.96. The van der Waals surface area contributed by atoms with Crippen LogP contribution in [0.25, 0.3) is 0 Å². The van der Waals surface area contributed by atoms with Crippen molar-refractivity contribution in [3.8, 4) is 11.5 Å². The fourth-order valence-electron chi connectivity index (χ4n) is 3.23. The van der Waals surface area contributed by atoms with Gasteiger partial charge in [-0.25, -0.2) is 4.79 Å². The Balaban J connectivity index is 1.51. The van der Waals surface area contributed by atoms with Gasteiger partial charge in [0.05, 0.1) is 5.56 Å². The largest absolute Gasteiger partial charge is 0.486 e. The molecule has 164 valence electrons. The Morgan fingerprint density at radius 3 is 2.23 bits per heavy atom. The minimum absolute atomic E-state index is 0.00690. The van der Waals surface area contributed by atoms with E-state index < -0.39 is 12.8 Å². The van der Waals surface area contributed by atoms with Gasteiger partial charge in [0.2, 0.25) is 0 Å². The maximum atomic E-state index is 12.3. The molecule has 0 spiro atoms. The SMILES string of the molecule is N=C(N)c1ccc(OCO)c(OCCOC(=O)c2ccc(C(=N)N3CCCC3)cc2)c1. The summed E-state index contributed by atoms with van der Waals surface area (Å²) in [6.07, 6.45) is 2.20. The molecule has 9 nitrogen and oxygen atoms in total. The summed E-state index contributed by atoms with van der Waals surface area (Å²) in [7, 11) is 0. The molecule has 0 saturated carbocycles. The first-order valence-electron chi connectivity index (χ1n) is 9.95. The molecule has 1 heterocycles. The smallest absolute Gasteiger partial charge is 0.338 e. The Kier molecular flexibility index (Phi) is 7.45. The normalized spacial score (nSPS) is 13.0. The van der Waals surface area contributed by atoms with Crippen molar-refractivity contribution in [3.05, 3.63) is 59.2 Å². The van der Waals surface area contributed by atoms with Crippen LogP contribution in [0.1, 0.15) is 34.3 Å². The molecule has 9 heteroatoms. The predicted molar refractivity (Wildman–Crippen MR) is 115 cm³/mol. The van der Waals surface area contributed by atoms with E-state index in [-0.39, 0.29) is 30.5 Å². The number of nitrogens with zero attached hydrogens (tertiary/aromatic N) is 1. The van der Waals surface area contributed by atoms with E-state index in [1.165, 1.54) is 12.1 Å². The third kappa shape index (κ3) is 5.73. The van der Waals surface area contributed by atoms with E-state index in [0.29, 0.717) is 17.0 Å². The summed E-state index contributed by atoms with van der Waals surface area (Å²) in [6, 6.07) is 11.4. The molecule has 1 fully saturated rings. The highest BCUT2D eigenvalue weighted by molar-refractivity contribution is 5.98. The van der Waals surface area contributed by atoms with E-state index in [1.54, 1.807) is 30.3 Å². The number of carbonyl (C=O) groups excluding carboxylic acids is 1. The molecule has 0 aromatic heterocycles. The second-order valence-corrected chi connectivity index (χ2v) is 6.95. The Morgan fingerprint density at radius 1 is 0.935 bits per heavy atom. The standard InChI is InChI=1S/C22H26N4O5/c23-20(24)17-7-8-18(31-14-27)19(13-17)29-11-12-30-22(28)16-5-3-15(4-6-16)21(25)26-9-1-2-10-26/h3-8,13,25,27H,1-2,9-12,14H2,(H3,23,24). The van der Waals surface area contributed by atoms with Crippen molar-refractivity contribution in [2.75, 3.05) is 33.1 Å². The molecule has 1 aliphatic heterocycles. The first-order chi connectivity index (χ1) is 15.0. The molecule has 3 rings (SSSR count). The number of aliphatic hydroxyl groups is 1. The van der Waals surface area contributed by atoms with E-state index in [0.717, 1.165) is 31.5 Å². The van der Waals surface area contributed by atoms with Gasteiger partial charge in [0.1, 0.15) is 24.9 Å².